The number of rotatable bonds is 8. The van der Waals surface area contributed by atoms with Gasteiger partial charge in [0, 0.05) is 5.56 Å². The zero-order valence-corrected chi connectivity index (χ0v) is 16.1. The van der Waals surface area contributed by atoms with Crippen LogP contribution in [0.3, 0.4) is 0 Å². The van der Waals surface area contributed by atoms with Crippen LogP contribution in [0.25, 0.3) is 0 Å². The number of carbonyl (C=O) groups excluding carboxylic acids is 2. The third-order valence-corrected chi connectivity index (χ3v) is 4.08. The molecule has 0 bridgehead atoms. The number of aliphatic carboxylic acids is 1. The molecule has 3 N–H and O–H groups in total. The molecule has 0 saturated heterocycles. The fourth-order valence-corrected chi connectivity index (χ4v) is 2.66. The summed E-state index contributed by atoms with van der Waals surface area (Å²) in [4.78, 5) is 36.5. The fraction of sp³-hybridized carbons (Fsp3) is 0.286. The molecule has 0 aliphatic heterocycles. The van der Waals surface area contributed by atoms with Gasteiger partial charge in [-0.25, -0.2) is 4.79 Å². The zero-order chi connectivity index (χ0) is 20.7. The number of methoxy groups -OCH3 is 1. The summed E-state index contributed by atoms with van der Waals surface area (Å²) >= 11 is 0. The lowest BCUT2D eigenvalue weighted by Crippen LogP contribution is -2.41. The smallest absolute Gasteiger partial charge is 0.326 e. The number of ether oxygens (including phenoxy) is 1. The molecule has 7 nitrogen and oxygen atoms in total. The molecule has 148 valence electrons. The number of hydrogen-bond donors (Lipinski definition) is 3. The van der Waals surface area contributed by atoms with E-state index in [1.54, 1.807) is 42.5 Å². The molecule has 2 amide bonds. The molecule has 0 saturated carbocycles. The van der Waals surface area contributed by atoms with Crippen LogP contribution in [0, 0.1) is 5.92 Å². The van der Waals surface area contributed by atoms with Crippen molar-refractivity contribution in [1.82, 2.24) is 5.32 Å². The SMILES string of the molecule is COc1ccc(C(=O)Nc2ccccc2C(=O)N[C@H](CC(C)C)C(=O)O)cc1. The van der Waals surface area contributed by atoms with Crippen LogP contribution in [0.5, 0.6) is 5.75 Å². The Hall–Kier alpha value is -3.35. The van der Waals surface area contributed by atoms with Gasteiger partial charge >= 0.3 is 5.97 Å². The van der Waals surface area contributed by atoms with E-state index in [-0.39, 0.29) is 17.4 Å². The summed E-state index contributed by atoms with van der Waals surface area (Å²) in [6.07, 6.45) is 0.307. The average Bonchev–Trinajstić information content (AvgIpc) is 2.67. The summed E-state index contributed by atoms with van der Waals surface area (Å²) in [7, 11) is 1.54. The van der Waals surface area contributed by atoms with Gasteiger partial charge in [-0.05, 0) is 48.7 Å². The van der Waals surface area contributed by atoms with Gasteiger partial charge in [0.15, 0.2) is 0 Å². The molecule has 0 radical (unpaired) electrons. The van der Waals surface area contributed by atoms with Crippen molar-refractivity contribution in [2.45, 2.75) is 26.3 Å². The molecular weight excluding hydrogens is 360 g/mol. The minimum absolute atomic E-state index is 0.103. The number of anilines is 1. The Balaban J connectivity index is 2.17. The van der Waals surface area contributed by atoms with Crippen LogP contribution in [0.4, 0.5) is 5.69 Å². The maximum absolute atomic E-state index is 12.6. The van der Waals surface area contributed by atoms with E-state index < -0.39 is 17.9 Å². The van der Waals surface area contributed by atoms with E-state index in [1.807, 2.05) is 13.8 Å². The van der Waals surface area contributed by atoms with Crippen LogP contribution in [0.2, 0.25) is 0 Å². The normalized spacial score (nSPS) is 11.6. The van der Waals surface area contributed by atoms with Crippen molar-refractivity contribution in [2.75, 3.05) is 12.4 Å². The van der Waals surface area contributed by atoms with Crippen LogP contribution < -0.4 is 15.4 Å². The summed E-state index contributed by atoms with van der Waals surface area (Å²) in [6, 6.07) is 12.0. The van der Waals surface area contributed by atoms with Gasteiger partial charge in [0.2, 0.25) is 0 Å². The van der Waals surface area contributed by atoms with E-state index in [0.717, 1.165) is 0 Å². The van der Waals surface area contributed by atoms with Crippen molar-refractivity contribution in [3.63, 3.8) is 0 Å². The summed E-state index contributed by atoms with van der Waals surface area (Å²) in [5.74, 6) is -1.31. The molecule has 0 aromatic heterocycles. The Kier molecular flexibility index (Phi) is 7.14. The molecule has 0 spiro atoms. The van der Waals surface area contributed by atoms with Crippen molar-refractivity contribution in [1.29, 1.82) is 0 Å². The van der Waals surface area contributed by atoms with Gasteiger partial charge < -0.3 is 20.5 Å². The second-order valence-corrected chi connectivity index (χ2v) is 6.72. The van der Waals surface area contributed by atoms with Gasteiger partial charge in [-0.3, -0.25) is 9.59 Å². The summed E-state index contributed by atoms with van der Waals surface area (Å²) in [6.45, 7) is 3.76. The fourth-order valence-electron chi connectivity index (χ4n) is 2.66. The third-order valence-electron chi connectivity index (χ3n) is 4.08. The van der Waals surface area contributed by atoms with Gasteiger partial charge in [0.1, 0.15) is 11.8 Å². The maximum Gasteiger partial charge on any atom is 0.326 e. The highest BCUT2D eigenvalue weighted by Gasteiger charge is 2.23. The first kappa shape index (κ1) is 21.0. The largest absolute Gasteiger partial charge is 0.497 e. The Morgan fingerprint density at radius 1 is 1.00 bits per heavy atom. The lowest BCUT2D eigenvalue weighted by Gasteiger charge is -2.18. The number of nitrogens with one attached hydrogen (secondary N) is 2. The van der Waals surface area contributed by atoms with Crippen molar-refractivity contribution in [3.05, 3.63) is 59.7 Å². The second-order valence-electron chi connectivity index (χ2n) is 6.72. The quantitative estimate of drug-likeness (QED) is 0.648. The molecule has 0 unspecified atom stereocenters. The molecule has 0 fully saturated rings. The molecule has 0 heterocycles. The highest BCUT2D eigenvalue weighted by Crippen LogP contribution is 2.18. The molecular formula is C21H24N2O5. The number of carbonyl (C=O) groups is 3. The molecule has 7 heteroatoms. The third kappa shape index (κ3) is 5.57. The van der Waals surface area contributed by atoms with Crippen LogP contribution in [0.15, 0.2) is 48.5 Å². The maximum atomic E-state index is 12.6. The molecule has 2 aromatic carbocycles. The van der Waals surface area contributed by atoms with E-state index in [9.17, 15) is 19.5 Å². The van der Waals surface area contributed by atoms with Crippen molar-refractivity contribution in [3.8, 4) is 5.75 Å². The molecule has 0 aliphatic rings. The minimum atomic E-state index is -1.10. The lowest BCUT2D eigenvalue weighted by atomic mass is 10.0. The molecule has 1 atom stereocenters. The summed E-state index contributed by atoms with van der Waals surface area (Å²) in [5.41, 5.74) is 0.896. The predicted molar refractivity (Wildman–Crippen MR) is 106 cm³/mol. The lowest BCUT2D eigenvalue weighted by molar-refractivity contribution is -0.139. The van der Waals surface area contributed by atoms with E-state index in [0.29, 0.717) is 23.4 Å². The first-order chi connectivity index (χ1) is 13.3. The highest BCUT2D eigenvalue weighted by atomic mass is 16.5. The van der Waals surface area contributed by atoms with Gasteiger partial charge in [0.25, 0.3) is 11.8 Å². The van der Waals surface area contributed by atoms with Crippen LogP contribution >= 0.6 is 0 Å². The van der Waals surface area contributed by atoms with E-state index in [4.69, 9.17) is 4.74 Å². The van der Waals surface area contributed by atoms with Crippen LogP contribution in [-0.2, 0) is 4.79 Å². The standard InChI is InChI=1S/C21H24N2O5/c1-13(2)12-18(21(26)27)23-20(25)16-6-4-5-7-17(16)22-19(24)14-8-10-15(28-3)11-9-14/h4-11,13,18H,12H2,1-3H3,(H,22,24)(H,23,25)(H,26,27)/t18-/m1/s1. The Labute approximate surface area is 163 Å². The number of benzene rings is 2. The molecule has 2 rings (SSSR count). The molecule has 28 heavy (non-hydrogen) atoms. The Bertz CT molecular complexity index is 846. The minimum Gasteiger partial charge on any atom is -0.497 e. The first-order valence-corrected chi connectivity index (χ1v) is 8.90. The average molecular weight is 384 g/mol. The van der Waals surface area contributed by atoms with Crippen molar-refractivity contribution < 1.29 is 24.2 Å². The predicted octanol–water partition coefficient (Wildman–Crippen LogP) is 3.18. The topological polar surface area (TPSA) is 105 Å². The number of para-hydroxylation sites is 1. The highest BCUT2D eigenvalue weighted by molar-refractivity contribution is 6.09. The van der Waals surface area contributed by atoms with Crippen molar-refractivity contribution in [2.24, 2.45) is 5.92 Å². The van der Waals surface area contributed by atoms with E-state index in [2.05, 4.69) is 10.6 Å². The summed E-state index contributed by atoms with van der Waals surface area (Å²) in [5, 5.41) is 14.6. The second kappa shape index (κ2) is 9.55. The molecule has 0 aliphatic carbocycles. The van der Waals surface area contributed by atoms with Gasteiger partial charge in [-0.15, -0.1) is 0 Å². The number of carboxylic acid groups (broad SMARTS) is 1. The van der Waals surface area contributed by atoms with Crippen molar-refractivity contribution >= 4 is 23.5 Å². The van der Waals surface area contributed by atoms with E-state index >= 15 is 0 Å². The molecule has 2 aromatic rings. The van der Waals surface area contributed by atoms with Crippen LogP contribution in [0.1, 0.15) is 41.0 Å². The van der Waals surface area contributed by atoms with E-state index in [1.165, 1.54) is 13.2 Å². The zero-order valence-electron chi connectivity index (χ0n) is 16.1. The first-order valence-electron chi connectivity index (χ1n) is 8.90. The number of amides is 2. The van der Waals surface area contributed by atoms with Crippen LogP contribution in [-0.4, -0.2) is 36.0 Å². The number of hydrogen-bond acceptors (Lipinski definition) is 4. The van der Waals surface area contributed by atoms with Gasteiger partial charge in [-0.1, -0.05) is 26.0 Å². The Morgan fingerprint density at radius 2 is 1.64 bits per heavy atom. The Morgan fingerprint density at radius 3 is 2.21 bits per heavy atom. The van der Waals surface area contributed by atoms with Gasteiger partial charge in [0.05, 0.1) is 18.4 Å². The summed E-state index contributed by atoms with van der Waals surface area (Å²) < 4.78 is 5.07. The number of carboxylic acids is 1. The monoisotopic (exact) mass is 384 g/mol. The van der Waals surface area contributed by atoms with Gasteiger partial charge in [-0.2, -0.15) is 0 Å².